The number of H-pyrrole nitrogens is 1. The molecule has 0 amide bonds. The van der Waals surface area contributed by atoms with Crippen LogP contribution in [0.3, 0.4) is 0 Å². The normalized spacial score (nSPS) is 12.4. The number of nitrogens with one attached hydrogen (secondary N) is 2. The van der Waals surface area contributed by atoms with E-state index >= 15 is 0 Å². The Bertz CT molecular complexity index is 337. The van der Waals surface area contributed by atoms with E-state index in [1.54, 1.807) is 12.1 Å². The van der Waals surface area contributed by atoms with Crippen LogP contribution in [-0.2, 0) is 11.3 Å². The van der Waals surface area contributed by atoms with Gasteiger partial charge in [0.05, 0.1) is 19.8 Å². The fourth-order valence-electron chi connectivity index (χ4n) is 1.21. The molecule has 1 heterocycles. The minimum absolute atomic E-state index is 0.273. The maximum Gasteiger partial charge on any atom is 0.354 e. The molecule has 1 unspecified atom stereocenters. The lowest BCUT2D eigenvalue weighted by Crippen LogP contribution is -2.29. The van der Waals surface area contributed by atoms with Gasteiger partial charge in [0.2, 0.25) is 0 Å². The van der Waals surface area contributed by atoms with Crippen LogP contribution >= 0.6 is 0 Å². The van der Waals surface area contributed by atoms with Gasteiger partial charge in [0, 0.05) is 18.8 Å². The number of aliphatic hydroxyl groups is 2. The van der Waals surface area contributed by atoms with Crippen LogP contribution in [0.2, 0.25) is 0 Å². The Balaban J connectivity index is 2.38. The maximum atomic E-state index is 11.1. The van der Waals surface area contributed by atoms with Gasteiger partial charge in [0.25, 0.3) is 0 Å². The summed E-state index contributed by atoms with van der Waals surface area (Å²) in [7, 11) is 1.32. The molecular weight excluding hydrogens is 212 g/mol. The number of hydrogen-bond acceptors (Lipinski definition) is 5. The van der Waals surface area contributed by atoms with Crippen LogP contribution in [0.4, 0.5) is 0 Å². The van der Waals surface area contributed by atoms with Gasteiger partial charge in [-0.1, -0.05) is 0 Å². The zero-order chi connectivity index (χ0) is 12.0. The number of esters is 1. The Morgan fingerprint density at radius 1 is 1.62 bits per heavy atom. The van der Waals surface area contributed by atoms with Crippen molar-refractivity contribution < 1.29 is 19.7 Å². The molecule has 0 saturated heterocycles. The first kappa shape index (κ1) is 12.7. The summed E-state index contributed by atoms with van der Waals surface area (Å²) in [4.78, 5) is 14.0. The molecule has 1 atom stereocenters. The molecular formula is C10H16N2O4. The van der Waals surface area contributed by atoms with Gasteiger partial charge in [0.1, 0.15) is 5.69 Å². The predicted octanol–water partition coefficient (Wildman–Crippen LogP) is -0.756. The van der Waals surface area contributed by atoms with Crippen molar-refractivity contribution in [2.24, 2.45) is 0 Å². The molecule has 0 fully saturated rings. The summed E-state index contributed by atoms with van der Waals surface area (Å²) in [6.07, 6.45) is -0.768. The van der Waals surface area contributed by atoms with Crippen LogP contribution < -0.4 is 5.32 Å². The third-order valence-corrected chi connectivity index (χ3v) is 2.06. The molecule has 0 aliphatic rings. The zero-order valence-electron chi connectivity index (χ0n) is 9.06. The van der Waals surface area contributed by atoms with Crippen molar-refractivity contribution in [3.05, 3.63) is 23.5 Å². The molecule has 1 rings (SSSR count). The Hall–Kier alpha value is -1.37. The quantitative estimate of drug-likeness (QED) is 0.480. The van der Waals surface area contributed by atoms with Crippen molar-refractivity contribution in [1.29, 1.82) is 0 Å². The van der Waals surface area contributed by atoms with Crippen molar-refractivity contribution in [1.82, 2.24) is 10.3 Å². The van der Waals surface area contributed by atoms with Crippen molar-refractivity contribution in [2.45, 2.75) is 12.6 Å². The fourth-order valence-corrected chi connectivity index (χ4v) is 1.21. The lowest BCUT2D eigenvalue weighted by Gasteiger charge is -2.07. The summed E-state index contributed by atoms with van der Waals surface area (Å²) in [5.41, 5.74) is 1.20. The van der Waals surface area contributed by atoms with E-state index in [1.165, 1.54) is 7.11 Å². The summed E-state index contributed by atoms with van der Waals surface area (Å²) in [6.45, 7) is 0.502. The Labute approximate surface area is 93.2 Å². The fraction of sp³-hybridized carbons (Fsp3) is 0.500. The molecule has 0 saturated carbocycles. The minimum atomic E-state index is -0.768. The highest BCUT2D eigenvalue weighted by Gasteiger charge is 2.07. The van der Waals surface area contributed by atoms with Gasteiger partial charge in [0.15, 0.2) is 0 Å². The molecule has 0 aliphatic heterocycles. The number of carbonyl (C=O) groups excluding carboxylic acids is 1. The van der Waals surface area contributed by atoms with E-state index in [0.717, 1.165) is 5.69 Å². The second-order valence-corrected chi connectivity index (χ2v) is 3.36. The highest BCUT2D eigenvalue weighted by molar-refractivity contribution is 5.87. The van der Waals surface area contributed by atoms with Gasteiger partial charge in [-0.2, -0.15) is 0 Å². The van der Waals surface area contributed by atoms with Crippen LogP contribution in [0.1, 0.15) is 16.2 Å². The van der Waals surface area contributed by atoms with Gasteiger partial charge >= 0.3 is 5.97 Å². The number of hydrogen-bond donors (Lipinski definition) is 4. The van der Waals surface area contributed by atoms with Gasteiger partial charge in [-0.05, 0) is 12.1 Å². The highest BCUT2D eigenvalue weighted by Crippen LogP contribution is 2.02. The second-order valence-electron chi connectivity index (χ2n) is 3.36. The summed E-state index contributed by atoms with van der Waals surface area (Å²) < 4.78 is 4.55. The van der Waals surface area contributed by atoms with Crippen molar-refractivity contribution >= 4 is 5.97 Å². The molecule has 0 spiro atoms. The second kappa shape index (κ2) is 6.26. The van der Waals surface area contributed by atoms with Crippen molar-refractivity contribution in [3.63, 3.8) is 0 Å². The Morgan fingerprint density at radius 3 is 3.00 bits per heavy atom. The van der Waals surface area contributed by atoms with E-state index in [0.29, 0.717) is 18.8 Å². The standard InChI is InChI=1S/C10H16N2O4/c1-16-10(15)9-3-2-7(12-9)4-11-5-8(14)6-13/h2-3,8,11-14H,4-6H2,1H3. The van der Waals surface area contributed by atoms with E-state index in [2.05, 4.69) is 15.0 Å². The smallest absolute Gasteiger partial charge is 0.354 e. The third-order valence-electron chi connectivity index (χ3n) is 2.06. The summed E-state index contributed by atoms with van der Waals surface area (Å²) in [6, 6.07) is 3.38. The molecule has 6 heteroatoms. The Kier molecular flexibility index (Phi) is 4.97. The van der Waals surface area contributed by atoms with Crippen molar-refractivity contribution in [3.8, 4) is 0 Å². The van der Waals surface area contributed by atoms with Crippen molar-refractivity contribution in [2.75, 3.05) is 20.3 Å². The Morgan fingerprint density at radius 2 is 2.38 bits per heavy atom. The van der Waals surface area contributed by atoms with E-state index in [4.69, 9.17) is 10.2 Å². The minimum Gasteiger partial charge on any atom is -0.464 e. The number of rotatable bonds is 6. The molecule has 0 radical (unpaired) electrons. The molecule has 0 aromatic carbocycles. The predicted molar refractivity (Wildman–Crippen MR) is 56.9 cm³/mol. The highest BCUT2D eigenvalue weighted by atomic mass is 16.5. The largest absolute Gasteiger partial charge is 0.464 e. The van der Waals surface area contributed by atoms with E-state index < -0.39 is 12.1 Å². The zero-order valence-corrected chi connectivity index (χ0v) is 9.06. The van der Waals surface area contributed by atoms with Crippen LogP contribution in [0.25, 0.3) is 0 Å². The molecule has 1 aromatic heterocycles. The summed E-state index contributed by atoms with van der Waals surface area (Å²) in [5.74, 6) is -0.415. The lowest BCUT2D eigenvalue weighted by atomic mass is 10.3. The number of ether oxygens (including phenoxy) is 1. The van der Waals surface area contributed by atoms with E-state index in [-0.39, 0.29) is 6.61 Å². The van der Waals surface area contributed by atoms with Gasteiger partial charge in [-0.3, -0.25) is 0 Å². The number of aliphatic hydroxyl groups excluding tert-OH is 2. The average molecular weight is 228 g/mol. The van der Waals surface area contributed by atoms with E-state index in [9.17, 15) is 4.79 Å². The SMILES string of the molecule is COC(=O)c1ccc(CNCC(O)CO)[nH]1. The van der Waals surface area contributed by atoms with Crippen LogP contribution in [0, 0.1) is 0 Å². The van der Waals surface area contributed by atoms with Crippen LogP contribution in [-0.4, -0.2) is 47.5 Å². The number of aromatic nitrogens is 1. The number of methoxy groups -OCH3 is 1. The van der Waals surface area contributed by atoms with Crippen LogP contribution in [0.15, 0.2) is 12.1 Å². The van der Waals surface area contributed by atoms with Crippen LogP contribution in [0.5, 0.6) is 0 Å². The lowest BCUT2D eigenvalue weighted by molar-refractivity contribution is 0.0594. The van der Waals surface area contributed by atoms with E-state index in [1.807, 2.05) is 0 Å². The van der Waals surface area contributed by atoms with Gasteiger partial charge in [-0.25, -0.2) is 4.79 Å². The topological polar surface area (TPSA) is 94.6 Å². The van der Waals surface area contributed by atoms with Gasteiger partial charge in [-0.15, -0.1) is 0 Å². The van der Waals surface area contributed by atoms with Gasteiger partial charge < -0.3 is 25.3 Å². The summed E-state index contributed by atoms with van der Waals surface area (Å²) in [5, 5.41) is 20.6. The molecule has 90 valence electrons. The third kappa shape index (κ3) is 3.65. The number of aromatic amines is 1. The molecule has 0 aliphatic carbocycles. The molecule has 4 N–H and O–H groups in total. The molecule has 6 nitrogen and oxygen atoms in total. The molecule has 0 bridgehead atoms. The maximum absolute atomic E-state index is 11.1. The first-order valence-electron chi connectivity index (χ1n) is 4.93. The monoisotopic (exact) mass is 228 g/mol. The number of carbonyl (C=O) groups is 1. The molecule has 1 aromatic rings. The average Bonchev–Trinajstić information content (AvgIpc) is 2.76. The summed E-state index contributed by atoms with van der Waals surface area (Å²) >= 11 is 0. The first-order valence-corrected chi connectivity index (χ1v) is 4.93. The molecule has 16 heavy (non-hydrogen) atoms. The first-order chi connectivity index (χ1) is 7.67.